The Morgan fingerprint density at radius 2 is 1.87 bits per heavy atom. The molecule has 118 valence electrons. The first kappa shape index (κ1) is 14.2. The van der Waals surface area contributed by atoms with Gasteiger partial charge in [-0.15, -0.1) is 0 Å². The van der Waals surface area contributed by atoms with Crippen LogP contribution in [0.5, 0.6) is 0 Å². The summed E-state index contributed by atoms with van der Waals surface area (Å²) in [6, 6.07) is 15.0. The molecule has 23 heavy (non-hydrogen) atoms. The zero-order valence-corrected chi connectivity index (χ0v) is 12.9. The van der Waals surface area contributed by atoms with E-state index in [-0.39, 0.29) is 5.91 Å². The van der Waals surface area contributed by atoms with Gasteiger partial charge in [0.1, 0.15) is 0 Å². The van der Waals surface area contributed by atoms with Crippen molar-refractivity contribution in [3.63, 3.8) is 0 Å². The molecule has 0 atom stereocenters. The highest BCUT2D eigenvalue weighted by Crippen LogP contribution is 2.44. The van der Waals surface area contributed by atoms with Crippen LogP contribution in [0.15, 0.2) is 48.5 Å². The van der Waals surface area contributed by atoms with E-state index in [0.29, 0.717) is 25.3 Å². The molecule has 0 unspecified atom stereocenters. The van der Waals surface area contributed by atoms with E-state index in [4.69, 9.17) is 9.47 Å². The van der Waals surface area contributed by atoms with Gasteiger partial charge in [0.05, 0.1) is 19.8 Å². The molecular weight excluding hydrogens is 292 g/mol. The molecule has 1 saturated heterocycles. The van der Waals surface area contributed by atoms with Gasteiger partial charge in [-0.25, -0.2) is 0 Å². The maximum Gasteiger partial charge on any atom is 0.255 e. The summed E-state index contributed by atoms with van der Waals surface area (Å²) in [6.45, 7) is 1.85. The van der Waals surface area contributed by atoms with Gasteiger partial charge in [0.15, 0.2) is 0 Å². The van der Waals surface area contributed by atoms with Crippen LogP contribution in [0.1, 0.15) is 15.9 Å². The molecule has 2 aliphatic heterocycles. The fourth-order valence-corrected chi connectivity index (χ4v) is 3.23. The standard InChI is InChI=1S/C18H18N2O3/c1-20-12-18(22-9-10-23-18)15-11-14(7-8-16(15)20)19-17(21)13-5-3-2-4-6-13/h2-8,11H,9-10,12H2,1H3,(H,19,21). The van der Waals surface area contributed by atoms with Crippen LogP contribution in [0.3, 0.4) is 0 Å². The van der Waals surface area contributed by atoms with Crippen LogP contribution in [0.2, 0.25) is 0 Å². The highest BCUT2D eigenvalue weighted by molar-refractivity contribution is 6.04. The summed E-state index contributed by atoms with van der Waals surface area (Å²) in [5, 5.41) is 2.94. The van der Waals surface area contributed by atoms with Crippen LogP contribution in [0.25, 0.3) is 0 Å². The molecule has 4 rings (SSSR count). The number of fused-ring (bicyclic) bond motifs is 2. The number of hydrogen-bond donors (Lipinski definition) is 1. The lowest BCUT2D eigenvalue weighted by molar-refractivity contribution is -0.150. The molecule has 0 bridgehead atoms. The molecule has 0 aromatic heterocycles. The Balaban J connectivity index is 1.64. The van der Waals surface area contributed by atoms with E-state index >= 15 is 0 Å². The van der Waals surface area contributed by atoms with Crippen LogP contribution in [0, 0.1) is 0 Å². The van der Waals surface area contributed by atoms with Gasteiger partial charge in [0.25, 0.3) is 5.91 Å². The Bertz CT molecular complexity index is 739. The van der Waals surface area contributed by atoms with E-state index in [0.717, 1.165) is 16.9 Å². The van der Waals surface area contributed by atoms with Gasteiger partial charge < -0.3 is 19.7 Å². The first-order chi connectivity index (χ1) is 11.2. The number of benzene rings is 2. The Hall–Kier alpha value is -2.37. The van der Waals surface area contributed by atoms with E-state index in [9.17, 15) is 4.79 Å². The average Bonchev–Trinajstić information content (AvgIpc) is 3.14. The number of nitrogens with zero attached hydrogens (tertiary/aromatic N) is 1. The van der Waals surface area contributed by atoms with E-state index in [1.807, 2.05) is 43.4 Å². The quantitative estimate of drug-likeness (QED) is 0.926. The lowest BCUT2D eigenvalue weighted by atomic mass is 10.1. The molecule has 5 nitrogen and oxygen atoms in total. The Kier molecular flexibility index (Phi) is 3.32. The molecule has 2 aliphatic rings. The summed E-state index contributed by atoms with van der Waals surface area (Å²) in [5.74, 6) is -0.823. The molecule has 1 spiro atoms. The normalized spacial score (nSPS) is 18.2. The highest BCUT2D eigenvalue weighted by Gasteiger charge is 2.46. The molecule has 2 aromatic rings. The lowest BCUT2D eigenvalue weighted by Crippen LogP contribution is -2.32. The SMILES string of the molecule is CN1CC2(OCCO2)c2cc(NC(=O)c3ccccc3)ccc21. The van der Waals surface area contributed by atoms with Crippen molar-refractivity contribution >= 4 is 17.3 Å². The maximum absolute atomic E-state index is 12.3. The van der Waals surface area contributed by atoms with Crippen LogP contribution >= 0.6 is 0 Å². The minimum atomic E-state index is -0.697. The monoisotopic (exact) mass is 310 g/mol. The molecule has 0 aliphatic carbocycles. The summed E-state index contributed by atoms with van der Waals surface area (Å²) < 4.78 is 11.7. The maximum atomic E-state index is 12.3. The lowest BCUT2D eigenvalue weighted by Gasteiger charge is -2.22. The summed E-state index contributed by atoms with van der Waals surface area (Å²) in [4.78, 5) is 14.4. The Morgan fingerprint density at radius 1 is 1.13 bits per heavy atom. The second-order valence-electron chi connectivity index (χ2n) is 5.86. The van der Waals surface area contributed by atoms with Gasteiger partial charge in [-0.05, 0) is 30.3 Å². The van der Waals surface area contributed by atoms with Gasteiger partial charge in [0.2, 0.25) is 5.79 Å². The molecule has 0 radical (unpaired) electrons. The fourth-order valence-electron chi connectivity index (χ4n) is 3.23. The number of anilines is 2. The van der Waals surface area contributed by atoms with Crippen molar-refractivity contribution in [3.05, 3.63) is 59.7 Å². The van der Waals surface area contributed by atoms with Crippen molar-refractivity contribution in [1.29, 1.82) is 0 Å². The molecule has 5 heteroatoms. The van der Waals surface area contributed by atoms with Crippen LogP contribution in [-0.2, 0) is 15.3 Å². The summed E-state index contributed by atoms with van der Waals surface area (Å²) in [6.07, 6.45) is 0. The van der Waals surface area contributed by atoms with Crippen molar-refractivity contribution in [2.24, 2.45) is 0 Å². The van der Waals surface area contributed by atoms with E-state index < -0.39 is 5.79 Å². The zero-order chi connectivity index (χ0) is 15.9. The minimum Gasteiger partial charge on any atom is -0.368 e. The van der Waals surface area contributed by atoms with Gasteiger partial charge >= 0.3 is 0 Å². The number of likely N-dealkylation sites (N-methyl/N-ethyl adjacent to an activating group) is 1. The predicted molar refractivity (Wildman–Crippen MR) is 87.7 cm³/mol. The number of nitrogens with one attached hydrogen (secondary N) is 1. The van der Waals surface area contributed by atoms with E-state index in [1.54, 1.807) is 12.1 Å². The van der Waals surface area contributed by atoms with Gasteiger partial charge in [-0.2, -0.15) is 0 Å². The third kappa shape index (κ3) is 2.38. The number of amides is 1. The second kappa shape index (κ2) is 5.37. The smallest absolute Gasteiger partial charge is 0.255 e. The molecular formula is C18H18N2O3. The second-order valence-corrected chi connectivity index (χ2v) is 5.86. The number of rotatable bonds is 2. The Morgan fingerprint density at radius 3 is 2.61 bits per heavy atom. The van der Waals surface area contributed by atoms with E-state index in [1.165, 1.54) is 0 Å². The van der Waals surface area contributed by atoms with E-state index in [2.05, 4.69) is 10.2 Å². The zero-order valence-electron chi connectivity index (χ0n) is 12.9. The molecule has 2 aromatic carbocycles. The van der Waals surface area contributed by atoms with Crippen molar-refractivity contribution in [1.82, 2.24) is 0 Å². The number of hydrogen-bond acceptors (Lipinski definition) is 4. The predicted octanol–water partition coefficient (Wildman–Crippen LogP) is 2.59. The van der Waals surface area contributed by atoms with Crippen molar-refractivity contribution < 1.29 is 14.3 Å². The number of carbonyl (C=O) groups is 1. The fraction of sp³-hybridized carbons (Fsp3) is 0.278. The topological polar surface area (TPSA) is 50.8 Å². The summed E-state index contributed by atoms with van der Waals surface area (Å²) >= 11 is 0. The number of carbonyl (C=O) groups excluding carboxylic acids is 1. The highest BCUT2D eigenvalue weighted by atomic mass is 16.7. The average molecular weight is 310 g/mol. The molecule has 1 fully saturated rings. The summed E-state index contributed by atoms with van der Waals surface area (Å²) in [5.41, 5.74) is 3.42. The minimum absolute atomic E-state index is 0.126. The van der Waals surface area contributed by atoms with Gasteiger partial charge in [-0.3, -0.25) is 4.79 Å². The van der Waals surface area contributed by atoms with Crippen LogP contribution in [0.4, 0.5) is 11.4 Å². The largest absolute Gasteiger partial charge is 0.368 e. The Labute approximate surface area is 134 Å². The van der Waals surface area contributed by atoms with Crippen LogP contribution in [-0.4, -0.2) is 32.7 Å². The third-order valence-electron chi connectivity index (χ3n) is 4.31. The first-order valence-electron chi connectivity index (χ1n) is 7.68. The molecule has 0 saturated carbocycles. The van der Waals surface area contributed by atoms with Crippen molar-refractivity contribution in [2.75, 3.05) is 37.0 Å². The first-order valence-corrected chi connectivity index (χ1v) is 7.68. The van der Waals surface area contributed by atoms with Crippen molar-refractivity contribution in [2.45, 2.75) is 5.79 Å². The van der Waals surface area contributed by atoms with Gasteiger partial charge in [-0.1, -0.05) is 18.2 Å². The van der Waals surface area contributed by atoms with Crippen molar-refractivity contribution in [3.8, 4) is 0 Å². The van der Waals surface area contributed by atoms with Gasteiger partial charge in [0, 0.05) is 29.5 Å². The third-order valence-corrected chi connectivity index (χ3v) is 4.31. The molecule has 1 amide bonds. The molecule has 2 heterocycles. The summed E-state index contributed by atoms with van der Waals surface area (Å²) in [7, 11) is 2.01. The molecule has 1 N–H and O–H groups in total. The van der Waals surface area contributed by atoms with Crippen LogP contribution < -0.4 is 10.2 Å². The number of ether oxygens (including phenoxy) is 2.